The maximum absolute atomic E-state index is 6.29. The fraction of sp³-hybridized carbons (Fsp3) is 0.545. The molecule has 3 heterocycles. The van der Waals surface area contributed by atoms with Gasteiger partial charge >= 0.3 is 0 Å². The van der Waals surface area contributed by atoms with Crippen LogP contribution in [0.15, 0.2) is 41.7 Å². The summed E-state index contributed by atoms with van der Waals surface area (Å²) in [7, 11) is 3.86. The molecule has 2 saturated heterocycles. The summed E-state index contributed by atoms with van der Waals surface area (Å²) < 4.78 is 1.89. The number of rotatable bonds is 5. The van der Waals surface area contributed by atoms with Crippen LogP contribution in [-0.4, -0.2) is 65.3 Å². The second-order valence-electron chi connectivity index (χ2n) is 8.12. The predicted octanol–water partition coefficient (Wildman–Crippen LogP) is 3.89. The highest BCUT2D eigenvalue weighted by atomic mass is 127. The highest BCUT2D eigenvalue weighted by Crippen LogP contribution is 2.28. The van der Waals surface area contributed by atoms with Gasteiger partial charge in [-0.25, -0.2) is 0 Å². The first-order chi connectivity index (χ1) is 14.1. The number of nitrogens with zero attached hydrogens (tertiary/aromatic N) is 5. The zero-order valence-electron chi connectivity index (χ0n) is 17.8. The topological polar surface area (TPSA) is 48.7 Å². The fourth-order valence-corrected chi connectivity index (χ4v) is 4.82. The number of halogens is 2. The summed E-state index contributed by atoms with van der Waals surface area (Å²) in [4.78, 5) is 9.51. The largest absolute Gasteiger partial charge is 0.354 e. The summed E-state index contributed by atoms with van der Waals surface area (Å²) in [6, 6.07) is 8.59. The first-order valence-electron chi connectivity index (χ1n) is 10.6. The average molecular weight is 543 g/mol. The van der Waals surface area contributed by atoms with Gasteiger partial charge in [0.2, 0.25) is 0 Å². The fourth-order valence-electron chi connectivity index (χ4n) is 4.62. The van der Waals surface area contributed by atoms with Crippen LogP contribution in [0.4, 0.5) is 0 Å². The van der Waals surface area contributed by atoms with Gasteiger partial charge < -0.3 is 10.2 Å². The van der Waals surface area contributed by atoms with Crippen molar-refractivity contribution in [3.63, 3.8) is 0 Å². The lowest BCUT2D eigenvalue weighted by Gasteiger charge is -2.30. The number of aromatic nitrogens is 2. The Morgan fingerprint density at radius 2 is 2.10 bits per heavy atom. The number of guanidine groups is 1. The molecule has 0 radical (unpaired) electrons. The van der Waals surface area contributed by atoms with Gasteiger partial charge in [0, 0.05) is 50.9 Å². The van der Waals surface area contributed by atoms with E-state index in [0.29, 0.717) is 12.0 Å². The molecule has 0 bridgehead atoms. The zero-order chi connectivity index (χ0) is 20.2. The van der Waals surface area contributed by atoms with E-state index in [1.165, 1.54) is 24.0 Å². The number of aliphatic imine (C=N–C) groups is 1. The maximum Gasteiger partial charge on any atom is 0.193 e. The van der Waals surface area contributed by atoms with Crippen LogP contribution in [0.3, 0.4) is 0 Å². The first kappa shape index (κ1) is 23.3. The van der Waals surface area contributed by atoms with Crippen molar-refractivity contribution in [2.24, 2.45) is 12.0 Å². The van der Waals surface area contributed by atoms with Gasteiger partial charge in [-0.1, -0.05) is 23.7 Å². The Kier molecular flexibility index (Phi) is 8.42. The van der Waals surface area contributed by atoms with Crippen LogP contribution >= 0.6 is 35.6 Å². The van der Waals surface area contributed by atoms with Crippen molar-refractivity contribution in [1.82, 2.24) is 24.9 Å². The molecule has 0 saturated carbocycles. The molecule has 0 amide bonds. The van der Waals surface area contributed by atoms with Crippen molar-refractivity contribution >= 4 is 41.5 Å². The Hall–Kier alpha value is -1.32. The molecule has 2 atom stereocenters. The Balaban J connectivity index is 0.00000256. The van der Waals surface area contributed by atoms with E-state index < -0.39 is 0 Å². The third-order valence-electron chi connectivity index (χ3n) is 6.16. The number of nitrogens with one attached hydrogen (secondary N) is 1. The SMILES string of the molecule is CN=C(NCC(c1cccc(Cl)c1)N1CCCC1)N1CCC(c2cnn(C)c2)C1.I. The third kappa shape index (κ3) is 5.48. The molecule has 164 valence electrons. The van der Waals surface area contributed by atoms with Crippen molar-refractivity contribution in [3.8, 4) is 0 Å². The summed E-state index contributed by atoms with van der Waals surface area (Å²) >= 11 is 6.29. The van der Waals surface area contributed by atoms with Gasteiger partial charge in [0.05, 0.1) is 12.2 Å². The average Bonchev–Trinajstić information content (AvgIpc) is 3.47. The summed E-state index contributed by atoms with van der Waals surface area (Å²) in [5.41, 5.74) is 2.59. The summed E-state index contributed by atoms with van der Waals surface area (Å²) in [6.07, 6.45) is 7.80. The zero-order valence-corrected chi connectivity index (χ0v) is 20.9. The van der Waals surface area contributed by atoms with Crippen molar-refractivity contribution in [3.05, 3.63) is 52.8 Å². The van der Waals surface area contributed by atoms with Crippen LogP contribution in [-0.2, 0) is 7.05 Å². The van der Waals surface area contributed by atoms with Gasteiger partial charge in [-0.15, -0.1) is 24.0 Å². The van der Waals surface area contributed by atoms with Gasteiger partial charge in [-0.05, 0) is 55.6 Å². The lowest BCUT2D eigenvalue weighted by Crippen LogP contribution is -2.44. The highest BCUT2D eigenvalue weighted by Gasteiger charge is 2.28. The molecule has 2 aromatic rings. The molecule has 30 heavy (non-hydrogen) atoms. The second kappa shape index (κ2) is 10.8. The van der Waals surface area contributed by atoms with Crippen LogP contribution < -0.4 is 5.32 Å². The molecule has 2 unspecified atom stereocenters. The van der Waals surface area contributed by atoms with Crippen molar-refractivity contribution in [2.45, 2.75) is 31.2 Å². The van der Waals surface area contributed by atoms with E-state index in [9.17, 15) is 0 Å². The molecule has 2 aliphatic heterocycles. The van der Waals surface area contributed by atoms with E-state index in [1.54, 1.807) is 0 Å². The molecular weight excluding hydrogens is 511 g/mol. The molecular formula is C22H32ClIN6. The highest BCUT2D eigenvalue weighted by molar-refractivity contribution is 14.0. The minimum Gasteiger partial charge on any atom is -0.354 e. The van der Waals surface area contributed by atoms with Crippen LogP contribution in [0.1, 0.15) is 42.3 Å². The molecule has 2 aliphatic rings. The lowest BCUT2D eigenvalue weighted by atomic mass is 10.0. The van der Waals surface area contributed by atoms with Gasteiger partial charge in [-0.3, -0.25) is 14.6 Å². The number of aryl methyl sites for hydroxylation is 1. The summed E-state index contributed by atoms with van der Waals surface area (Å²) in [5, 5.41) is 8.79. The third-order valence-corrected chi connectivity index (χ3v) is 6.40. The molecule has 1 aromatic carbocycles. The Morgan fingerprint density at radius 3 is 2.77 bits per heavy atom. The van der Waals surface area contributed by atoms with Crippen LogP contribution in [0.25, 0.3) is 0 Å². The quantitative estimate of drug-likeness (QED) is 0.354. The van der Waals surface area contributed by atoms with Crippen molar-refractivity contribution in [2.75, 3.05) is 39.8 Å². The van der Waals surface area contributed by atoms with E-state index in [1.807, 2.05) is 31.0 Å². The first-order valence-corrected chi connectivity index (χ1v) is 11.0. The predicted molar refractivity (Wildman–Crippen MR) is 134 cm³/mol. The Labute approximate surface area is 201 Å². The van der Waals surface area contributed by atoms with E-state index in [4.69, 9.17) is 11.6 Å². The van der Waals surface area contributed by atoms with Gasteiger partial charge in [-0.2, -0.15) is 5.10 Å². The van der Waals surface area contributed by atoms with Crippen LogP contribution in [0.2, 0.25) is 5.02 Å². The van der Waals surface area contributed by atoms with E-state index in [0.717, 1.165) is 50.1 Å². The minimum absolute atomic E-state index is 0. The monoisotopic (exact) mass is 542 g/mol. The van der Waals surface area contributed by atoms with Crippen molar-refractivity contribution in [1.29, 1.82) is 0 Å². The molecule has 0 spiro atoms. The van der Waals surface area contributed by atoms with E-state index >= 15 is 0 Å². The maximum atomic E-state index is 6.29. The number of likely N-dealkylation sites (tertiary alicyclic amines) is 2. The van der Waals surface area contributed by atoms with E-state index in [-0.39, 0.29) is 24.0 Å². The summed E-state index contributed by atoms with van der Waals surface area (Å²) in [6.45, 7) is 5.12. The molecule has 1 N–H and O–H groups in total. The summed E-state index contributed by atoms with van der Waals surface area (Å²) in [5.74, 6) is 1.51. The number of hydrogen-bond donors (Lipinski definition) is 1. The smallest absolute Gasteiger partial charge is 0.193 e. The molecule has 2 fully saturated rings. The van der Waals surface area contributed by atoms with Crippen LogP contribution in [0.5, 0.6) is 0 Å². The second-order valence-corrected chi connectivity index (χ2v) is 8.56. The number of hydrogen-bond acceptors (Lipinski definition) is 3. The Morgan fingerprint density at radius 1 is 1.30 bits per heavy atom. The molecule has 4 rings (SSSR count). The molecule has 1 aromatic heterocycles. The van der Waals surface area contributed by atoms with Crippen molar-refractivity contribution < 1.29 is 0 Å². The van der Waals surface area contributed by atoms with Crippen LogP contribution in [0, 0.1) is 0 Å². The number of benzene rings is 1. The minimum atomic E-state index is 0. The standard InChI is InChI=1S/C22H31ClN6.HI/c1-24-22(29-11-8-18(16-29)19-13-26-27(2)15-19)25-14-21(28-9-3-4-10-28)17-6-5-7-20(23)12-17;/h5-7,12-13,15,18,21H,3-4,8-11,14,16H2,1-2H3,(H,24,25);1H. The Bertz CT molecular complexity index is 848. The van der Waals surface area contributed by atoms with Gasteiger partial charge in [0.15, 0.2) is 5.96 Å². The lowest BCUT2D eigenvalue weighted by molar-refractivity contribution is 0.244. The van der Waals surface area contributed by atoms with Gasteiger partial charge in [0.1, 0.15) is 0 Å². The molecule has 6 nitrogen and oxygen atoms in total. The van der Waals surface area contributed by atoms with E-state index in [2.05, 4.69) is 49.6 Å². The molecule has 0 aliphatic carbocycles. The van der Waals surface area contributed by atoms with Gasteiger partial charge in [0.25, 0.3) is 0 Å². The normalized spacial score (nSPS) is 21.0. The molecule has 8 heteroatoms.